The van der Waals surface area contributed by atoms with E-state index in [2.05, 4.69) is 36.5 Å². The van der Waals surface area contributed by atoms with Crippen molar-refractivity contribution in [3.63, 3.8) is 0 Å². The molecule has 4 aromatic rings. The molecule has 4 bridgehead atoms. The Morgan fingerprint density at radius 1 is 0.857 bits per heavy atom. The molecule has 0 aliphatic carbocycles. The van der Waals surface area contributed by atoms with Crippen molar-refractivity contribution in [3.05, 3.63) is 107 Å². The number of nitrogens with zero attached hydrogens (tertiary/aromatic N) is 2. The number of carbonyl (C=O) groups excluding carboxylic acids is 5. The zero-order valence-electron chi connectivity index (χ0n) is 37.0. The quantitative estimate of drug-likeness (QED) is 0.0803. The Labute approximate surface area is 371 Å². The van der Waals surface area contributed by atoms with Gasteiger partial charge in [-0.3, -0.25) is 24.0 Å². The molecule has 5 N–H and O–H groups in total. The molecule has 63 heavy (non-hydrogen) atoms. The number of fused-ring (bicyclic) bond motifs is 5. The van der Waals surface area contributed by atoms with Crippen LogP contribution in [0.3, 0.4) is 0 Å². The van der Waals surface area contributed by atoms with Crippen molar-refractivity contribution in [1.29, 1.82) is 5.26 Å². The predicted octanol–water partition coefficient (Wildman–Crippen LogP) is 7.35. The number of rotatable bonds is 19. The van der Waals surface area contributed by atoms with Gasteiger partial charge in [-0.15, -0.1) is 0 Å². The molecule has 0 fully saturated rings. The summed E-state index contributed by atoms with van der Waals surface area (Å²) in [6.07, 6.45) is 3.62. The van der Waals surface area contributed by atoms with Gasteiger partial charge in [0.15, 0.2) is 17.3 Å². The molecule has 5 rings (SSSR count). The topological polar surface area (TPSA) is 195 Å². The third-order valence-corrected chi connectivity index (χ3v) is 11.5. The van der Waals surface area contributed by atoms with Crippen LogP contribution in [-0.2, 0) is 32.0 Å². The van der Waals surface area contributed by atoms with E-state index >= 15 is 0 Å². The van der Waals surface area contributed by atoms with Gasteiger partial charge in [-0.2, -0.15) is 5.26 Å². The highest BCUT2D eigenvalue weighted by Crippen LogP contribution is 2.41. The number of hydrogen-bond acceptors (Lipinski definition) is 10. The second kappa shape index (κ2) is 23.3. The van der Waals surface area contributed by atoms with Crippen LogP contribution < -0.4 is 26.3 Å². The van der Waals surface area contributed by atoms with E-state index in [-0.39, 0.29) is 63.4 Å². The number of likely N-dealkylation sites (N-methyl/N-ethyl adjacent to an activating group) is 1. The molecule has 4 atom stereocenters. The molecule has 12 heteroatoms. The third kappa shape index (κ3) is 12.5. The van der Waals surface area contributed by atoms with Crippen molar-refractivity contribution in [2.24, 2.45) is 23.3 Å². The van der Waals surface area contributed by atoms with Gasteiger partial charge < -0.3 is 31.2 Å². The van der Waals surface area contributed by atoms with Crippen LogP contribution in [0.25, 0.3) is 22.3 Å². The van der Waals surface area contributed by atoms with Crippen molar-refractivity contribution >= 4 is 29.2 Å². The molecule has 1 aliphatic heterocycles. The highest BCUT2D eigenvalue weighted by Gasteiger charge is 2.36. The van der Waals surface area contributed by atoms with Gasteiger partial charge in [-0.1, -0.05) is 87.9 Å². The van der Waals surface area contributed by atoms with Crippen molar-refractivity contribution in [2.75, 3.05) is 33.4 Å². The molecule has 0 saturated heterocycles. The molecule has 0 spiro atoms. The van der Waals surface area contributed by atoms with E-state index in [1.807, 2.05) is 37.3 Å². The highest BCUT2D eigenvalue weighted by molar-refractivity contribution is 6.00. The smallest absolute Gasteiger partial charge is 0.228 e. The van der Waals surface area contributed by atoms with E-state index < -0.39 is 41.5 Å². The third-order valence-electron chi connectivity index (χ3n) is 11.5. The number of Topliss-reactive ketones (excluding diaryl/α,β-unsaturated/α-hetero) is 3. The molecule has 2 amide bonds. The molecule has 4 aromatic carbocycles. The summed E-state index contributed by atoms with van der Waals surface area (Å²) in [5.41, 5.74) is 18.1. The Morgan fingerprint density at radius 2 is 1.51 bits per heavy atom. The number of nitrogens with one attached hydrogen (secondary N) is 1. The fourth-order valence-electron chi connectivity index (χ4n) is 7.88. The first-order chi connectivity index (χ1) is 30.4. The zero-order chi connectivity index (χ0) is 45.5. The van der Waals surface area contributed by atoms with Gasteiger partial charge in [0, 0.05) is 68.4 Å². The number of aryl methyl sites for hydroxylation is 1. The number of carbonyl (C=O) groups is 5. The average Bonchev–Trinajstić information content (AvgIpc) is 3.30. The van der Waals surface area contributed by atoms with Gasteiger partial charge in [0.1, 0.15) is 24.1 Å². The first-order valence-electron chi connectivity index (χ1n) is 22.1. The van der Waals surface area contributed by atoms with E-state index in [0.717, 1.165) is 36.8 Å². The molecular weight excluding hydrogens is 795 g/mol. The fraction of sp³-hybridized carbons (Fsp3) is 0.412. The Bertz CT molecular complexity index is 2270. The summed E-state index contributed by atoms with van der Waals surface area (Å²) < 4.78 is 12.4. The average molecular weight is 856 g/mol. The molecule has 1 aliphatic rings. The number of amides is 2. The van der Waals surface area contributed by atoms with Crippen molar-refractivity contribution < 1.29 is 33.4 Å². The number of unbranched alkanes of at least 4 members (excludes halogenated alkanes) is 1. The Kier molecular flexibility index (Phi) is 17.7. The summed E-state index contributed by atoms with van der Waals surface area (Å²) in [6, 6.07) is 26.2. The predicted molar refractivity (Wildman–Crippen MR) is 244 cm³/mol. The van der Waals surface area contributed by atoms with Crippen LogP contribution in [0, 0.1) is 23.2 Å². The first-order valence-corrected chi connectivity index (χ1v) is 22.1. The van der Waals surface area contributed by atoms with E-state index in [4.69, 9.17) is 20.9 Å². The summed E-state index contributed by atoms with van der Waals surface area (Å²) in [5.74, 6) is -2.91. The Hall–Kier alpha value is -6.16. The van der Waals surface area contributed by atoms with Gasteiger partial charge >= 0.3 is 0 Å². The standard InChI is InChI=1S/C51H61N5O7/c1-5-7-9-34-11-14-36(15-12-34)37-16-18-38(19-17-37)45(58)31-40(32-54)51(61)56(4)49-39-20-22-48(63-26-24-53)42(30-39)41-28-35(13-21-47(41)62-25-6-2)29-43(44(57)10-8-23-52)55-50(60)33(3)27-46(49)59/h11-22,28,30,33,40,43,49H,5-10,24-27,29,31-32,53-54H2,1-4H3,(H,55,60)/t33-,40+,43+,49+/m1/s1. The molecule has 0 saturated carbocycles. The number of nitriles is 1. The SMILES string of the molecule is CCCCc1ccc(-c2ccc(C(=O)C[C@@H](CN)C(=O)N(C)[C@@H]3C(=O)C[C@@H](C)C(=O)N[C@H](C(=O)CCC#N)Cc4ccc(OCCC)c(c4)-c4cc3ccc4OCCN)cc2)cc1. The highest BCUT2D eigenvalue weighted by atomic mass is 16.5. The van der Waals surface area contributed by atoms with Crippen molar-refractivity contribution in [2.45, 2.75) is 90.6 Å². The largest absolute Gasteiger partial charge is 0.493 e. The molecular formula is C51H61N5O7. The maximum Gasteiger partial charge on any atom is 0.228 e. The lowest BCUT2D eigenvalue weighted by atomic mass is 9.88. The van der Waals surface area contributed by atoms with Gasteiger partial charge in [0.2, 0.25) is 11.8 Å². The van der Waals surface area contributed by atoms with Crippen LogP contribution in [0.1, 0.15) is 98.8 Å². The number of ketones is 3. The summed E-state index contributed by atoms with van der Waals surface area (Å²) in [4.78, 5) is 71.4. The van der Waals surface area contributed by atoms with Crippen LogP contribution in [-0.4, -0.2) is 73.5 Å². The van der Waals surface area contributed by atoms with E-state index in [9.17, 15) is 29.2 Å². The van der Waals surface area contributed by atoms with Gasteiger partial charge in [0.05, 0.1) is 24.6 Å². The molecule has 0 unspecified atom stereocenters. The normalized spacial score (nSPS) is 16.8. The van der Waals surface area contributed by atoms with E-state index in [0.29, 0.717) is 45.9 Å². The number of nitrogens with two attached hydrogens (primary N) is 2. The Morgan fingerprint density at radius 3 is 2.14 bits per heavy atom. The summed E-state index contributed by atoms with van der Waals surface area (Å²) in [5, 5.41) is 12.1. The first kappa shape index (κ1) is 47.9. The van der Waals surface area contributed by atoms with Crippen molar-refractivity contribution in [1.82, 2.24) is 10.2 Å². The maximum atomic E-state index is 14.6. The second-order valence-corrected chi connectivity index (χ2v) is 16.3. The van der Waals surface area contributed by atoms with Crippen LogP contribution in [0.5, 0.6) is 11.5 Å². The minimum absolute atomic E-state index is 0.0131. The van der Waals surface area contributed by atoms with Crippen LogP contribution in [0.4, 0.5) is 0 Å². The fourth-order valence-corrected chi connectivity index (χ4v) is 7.88. The maximum absolute atomic E-state index is 14.6. The molecule has 1 heterocycles. The summed E-state index contributed by atoms with van der Waals surface area (Å²) >= 11 is 0. The lowest BCUT2D eigenvalue weighted by Gasteiger charge is -2.32. The van der Waals surface area contributed by atoms with Gasteiger partial charge in [0.25, 0.3) is 0 Å². The summed E-state index contributed by atoms with van der Waals surface area (Å²) in [7, 11) is 1.51. The lowest BCUT2D eigenvalue weighted by molar-refractivity contribution is -0.142. The number of benzene rings is 4. The van der Waals surface area contributed by atoms with Crippen LogP contribution in [0.15, 0.2) is 84.9 Å². The zero-order valence-corrected chi connectivity index (χ0v) is 37.0. The second-order valence-electron chi connectivity index (χ2n) is 16.3. The molecule has 0 aromatic heterocycles. The number of hydrogen-bond donors (Lipinski definition) is 3. The van der Waals surface area contributed by atoms with Crippen molar-refractivity contribution in [3.8, 4) is 39.8 Å². The minimum atomic E-state index is -1.20. The van der Waals surface area contributed by atoms with E-state index in [1.165, 1.54) is 17.5 Å². The molecule has 332 valence electrons. The van der Waals surface area contributed by atoms with E-state index in [1.54, 1.807) is 43.3 Å². The molecule has 0 radical (unpaired) electrons. The van der Waals surface area contributed by atoms with Crippen LogP contribution >= 0.6 is 0 Å². The lowest BCUT2D eigenvalue weighted by Crippen LogP contribution is -2.46. The summed E-state index contributed by atoms with van der Waals surface area (Å²) in [6.45, 7) is 6.43. The van der Waals surface area contributed by atoms with Gasteiger partial charge in [-0.05, 0) is 77.8 Å². The Balaban J connectivity index is 1.51. The van der Waals surface area contributed by atoms with Gasteiger partial charge in [-0.25, -0.2) is 0 Å². The molecule has 12 nitrogen and oxygen atoms in total. The number of ether oxygens (including phenoxy) is 2. The minimum Gasteiger partial charge on any atom is -0.493 e. The monoisotopic (exact) mass is 855 g/mol. The van der Waals surface area contributed by atoms with Crippen LogP contribution in [0.2, 0.25) is 0 Å².